The molecule has 5 heteroatoms. The van der Waals surface area contributed by atoms with Crippen LogP contribution in [0.2, 0.25) is 0 Å². The van der Waals surface area contributed by atoms with Gasteiger partial charge in [0.05, 0.1) is 5.41 Å². The fourth-order valence-electron chi connectivity index (χ4n) is 4.85. The second kappa shape index (κ2) is 6.93. The van der Waals surface area contributed by atoms with E-state index in [1.54, 1.807) is 0 Å². The monoisotopic (exact) mass is 355 g/mol. The predicted octanol–water partition coefficient (Wildman–Crippen LogP) is 2.91. The van der Waals surface area contributed by atoms with Crippen LogP contribution in [0.5, 0.6) is 0 Å². The minimum atomic E-state index is -0.334. The van der Waals surface area contributed by atoms with Crippen LogP contribution in [0.1, 0.15) is 54.9 Å². The quantitative estimate of drug-likeness (QED) is 0.907. The molecule has 3 aliphatic rings. The lowest BCUT2D eigenvalue weighted by atomic mass is 9.78. The average molecular weight is 355 g/mol. The van der Waals surface area contributed by atoms with Crippen LogP contribution >= 0.6 is 0 Å². The predicted molar refractivity (Wildman–Crippen MR) is 102 cm³/mol. The molecule has 0 radical (unpaired) electrons. The summed E-state index contributed by atoms with van der Waals surface area (Å²) in [6.07, 6.45) is 5.91. The molecule has 0 unspecified atom stereocenters. The highest BCUT2D eigenvalue weighted by molar-refractivity contribution is 5.96. The highest BCUT2D eigenvalue weighted by atomic mass is 16.2. The van der Waals surface area contributed by atoms with Crippen LogP contribution in [0.15, 0.2) is 18.2 Å². The van der Waals surface area contributed by atoms with Crippen molar-refractivity contribution in [1.82, 2.24) is 9.80 Å². The third kappa shape index (κ3) is 2.97. The standard InChI is InChI=1S/C21H29N3O2/c1-2-11-23-12-4-8-21(20(23)26)9-13-24(15-21)19(25)17-6-7-18-16(14-17)5-3-10-22-18/h6-7,14,22H,2-5,8-13,15H2,1H3/t21-/m0/s1. The number of aryl methyl sites for hydroxylation is 1. The minimum Gasteiger partial charge on any atom is -0.385 e. The topological polar surface area (TPSA) is 52.6 Å². The van der Waals surface area contributed by atoms with Gasteiger partial charge in [-0.15, -0.1) is 0 Å². The van der Waals surface area contributed by atoms with Gasteiger partial charge in [-0.1, -0.05) is 6.92 Å². The van der Waals surface area contributed by atoms with Crippen LogP contribution in [-0.4, -0.2) is 54.3 Å². The lowest BCUT2D eigenvalue weighted by Gasteiger charge is -2.39. The van der Waals surface area contributed by atoms with E-state index in [0.717, 1.165) is 69.4 Å². The zero-order valence-corrected chi connectivity index (χ0v) is 15.7. The van der Waals surface area contributed by atoms with Crippen molar-refractivity contribution < 1.29 is 9.59 Å². The number of benzene rings is 1. The summed E-state index contributed by atoms with van der Waals surface area (Å²) in [7, 11) is 0. The molecule has 0 saturated carbocycles. The van der Waals surface area contributed by atoms with Crippen molar-refractivity contribution in [3.8, 4) is 0 Å². The van der Waals surface area contributed by atoms with E-state index in [1.807, 2.05) is 28.0 Å². The molecule has 2 fully saturated rings. The van der Waals surface area contributed by atoms with Crippen LogP contribution < -0.4 is 5.32 Å². The van der Waals surface area contributed by atoms with E-state index >= 15 is 0 Å². The van der Waals surface area contributed by atoms with E-state index in [1.165, 1.54) is 5.56 Å². The third-order valence-corrected chi connectivity index (χ3v) is 6.25. The molecule has 0 bridgehead atoms. The van der Waals surface area contributed by atoms with Crippen LogP contribution in [-0.2, 0) is 11.2 Å². The average Bonchev–Trinajstić information content (AvgIpc) is 3.10. The Morgan fingerprint density at radius 2 is 2.12 bits per heavy atom. The largest absolute Gasteiger partial charge is 0.385 e. The molecule has 3 heterocycles. The van der Waals surface area contributed by atoms with E-state index < -0.39 is 0 Å². The number of amides is 2. The van der Waals surface area contributed by atoms with Crippen molar-refractivity contribution in [3.63, 3.8) is 0 Å². The maximum atomic E-state index is 13.1. The number of carbonyl (C=O) groups excluding carboxylic acids is 2. The molecule has 1 N–H and O–H groups in total. The number of nitrogens with one attached hydrogen (secondary N) is 1. The summed E-state index contributed by atoms with van der Waals surface area (Å²) in [5.74, 6) is 0.353. The Bertz CT molecular complexity index is 715. The summed E-state index contributed by atoms with van der Waals surface area (Å²) in [5, 5.41) is 3.39. The number of rotatable bonds is 3. The molecule has 2 amide bonds. The van der Waals surface area contributed by atoms with Crippen molar-refractivity contribution in [2.24, 2.45) is 5.41 Å². The molecule has 140 valence electrons. The molecule has 1 aromatic rings. The summed E-state index contributed by atoms with van der Waals surface area (Å²) in [4.78, 5) is 30.0. The van der Waals surface area contributed by atoms with Crippen LogP contribution in [0.25, 0.3) is 0 Å². The molecule has 4 rings (SSSR count). The van der Waals surface area contributed by atoms with Gasteiger partial charge in [-0.05, 0) is 62.3 Å². The summed E-state index contributed by atoms with van der Waals surface area (Å²) >= 11 is 0. The Hall–Kier alpha value is -2.04. The van der Waals surface area contributed by atoms with Gasteiger partial charge in [0.15, 0.2) is 0 Å². The summed E-state index contributed by atoms with van der Waals surface area (Å²) in [6.45, 7) is 6.11. The van der Waals surface area contributed by atoms with Gasteiger partial charge < -0.3 is 15.1 Å². The molecular formula is C21H29N3O2. The number of fused-ring (bicyclic) bond motifs is 1. The molecule has 0 aromatic heterocycles. The normalized spacial score (nSPS) is 25.3. The number of piperidine rings is 1. The first kappa shape index (κ1) is 17.4. The smallest absolute Gasteiger partial charge is 0.253 e. The number of likely N-dealkylation sites (tertiary alicyclic amines) is 2. The molecule has 5 nitrogen and oxygen atoms in total. The maximum Gasteiger partial charge on any atom is 0.253 e. The van der Waals surface area contributed by atoms with E-state index in [9.17, 15) is 9.59 Å². The molecule has 3 aliphatic heterocycles. The Kier molecular flexibility index (Phi) is 4.63. The lowest BCUT2D eigenvalue weighted by Crippen LogP contribution is -2.50. The first-order chi connectivity index (χ1) is 12.6. The zero-order valence-electron chi connectivity index (χ0n) is 15.7. The minimum absolute atomic E-state index is 0.0793. The molecular weight excluding hydrogens is 326 g/mol. The number of hydrogen-bond acceptors (Lipinski definition) is 3. The Morgan fingerprint density at radius 1 is 1.23 bits per heavy atom. The molecule has 0 aliphatic carbocycles. The Labute approximate surface area is 155 Å². The highest BCUT2D eigenvalue weighted by Gasteiger charge is 2.49. The highest BCUT2D eigenvalue weighted by Crippen LogP contribution is 2.40. The Balaban J connectivity index is 1.50. The SMILES string of the molecule is CCCN1CCC[C@@]2(CCN(C(=O)c3ccc4c(c3)CCCN4)C2)C1=O. The Morgan fingerprint density at radius 3 is 2.96 bits per heavy atom. The molecule has 26 heavy (non-hydrogen) atoms. The second-order valence-corrected chi connectivity index (χ2v) is 8.06. The van der Waals surface area contributed by atoms with Crippen LogP contribution in [0, 0.1) is 5.41 Å². The number of anilines is 1. The van der Waals surface area contributed by atoms with Crippen LogP contribution in [0.4, 0.5) is 5.69 Å². The third-order valence-electron chi connectivity index (χ3n) is 6.25. The number of carbonyl (C=O) groups is 2. The van der Waals surface area contributed by atoms with E-state index in [-0.39, 0.29) is 17.2 Å². The summed E-state index contributed by atoms with van der Waals surface area (Å²) in [5.41, 5.74) is 2.82. The van der Waals surface area contributed by atoms with Crippen molar-refractivity contribution in [1.29, 1.82) is 0 Å². The van der Waals surface area contributed by atoms with Gasteiger partial charge in [-0.3, -0.25) is 9.59 Å². The number of nitrogens with zero attached hydrogens (tertiary/aromatic N) is 2. The summed E-state index contributed by atoms with van der Waals surface area (Å²) in [6, 6.07) is 6.00. The molecule has 1 aromatic carbocycles. The van der Waals surface area contributed by atoms with Gasteiger partial charge in [-0.2, -0.15) is 0 Å². The van der Waals surface area contributed by atoms with Crippen molar-refractivity contribution in [2.45, 2.75) is 45.4 Å². The van der Waals surface area contributed by atoms with Crippen molar-refractivity contribution in [3.05, 3.63) is 29.3 Å². The second-order valence-electron chi connectivity index (χ2n) is 8.06. The van der Waals surface area contributed by atoms with Gasteiger partial charge in [-0.25, -0.2) is 0 Å². The molecule has 2 saturated heterocycles. The number of hydrogen-bond donors (Lipinski definition) is 1. The van der Waals surface area contributed by atoms with Crippen molar-refractivity contribution >= 4 is 17.5 Å². The lowest BCUT2D eigenvalue weighted by molar-refractivity contribution is -0.145. The van der Waals surface area contributed by atoms with Gasteiger partial charge >= 0.3 is 0 Å². The maximum absolute atomic E-state index is 13.1. The van der Waals surface area contributed by atoms with Gasteiger partial charge in [0.25, 0.3) is 5.91 Å². The van der Waals surface area contributed by atoms with Crippen molar-refractivity contribution in [2.75, 3.05) is 38.0 Å². The van der Waals surface area contributed by atoms with E-state index in [4.69, 9.17) is 0 Å². The van der Waals surface area contributed by atoms with E-state index in [2.05, 4.69) is 12.2 Å². The summed E-state index contributed by atoms with van der Waals surface area (Å²) < 4.78 is 0. The zero-order chi connectivity index (χ0) is 18.1. The first-order valence-corrected chi connectivity index (χ1v) is 10.1. The molecule has 1 spiro atoms. The molecule has 1 atom stereocenters. The van der Waals surface area contributed by atoms with Crippen LogP contribution in [0.3, 0.4) is 0 Å². The van der Waals surface area contributed by atoms with Gasteiger partial charge in [0.1, 0.15) is 0 Å². The van der Waals surface area contributed by atoms with Gasteiger partial charge in [0, 0.05) is 44.0 Å². The fourth-order valence-corrected chi connectivity index (χ4v) is 4.85. The first-order valence-electron chi connectivity index (χ1n) is 10.1. The van der Waals surface area contributed by atoms with Gasteiger partial charge in [0.2, 0.25) is 5.91 Å². The fraction of sp³-hybridized carbons (Fsp3) is 0.619. The van der Waals surface area contributed by atoms with E-state index in [0.29, 0.717) is 13.1 Å².